The Labute approximate surface area is 93.2 Å². The molecule has 90 valence electrons. The summed E-state index contributed by atoms with van der Waals surface area (Å²) in [6, 6.07) is 0. The molecular formula is C9H16N4O3. The van der Waals surface area contributed by atoms with Crippen LogP contribution in [-0.4, -0.2) is 39.9 Å². The lowest BCUT2D eigenvalue weighted by molar-refractivity contribution is -0.388. The Morgan fingerprint density at radius 3 is 2.94 bits per heavy atom. The van der Waals surface area contributed by atoms with Gasteiger partial charge in [-0.3, -0.25) is 0 Å². The first kappa shape index (κ1) is 12.4. The molecule has 0 saturated carbocycles. The molecule has 0 radical (unpaired) electrons. The van der Waals surface area contributed by atoms with Crippen LogP contribution in [0.15, 0.2) is 6.20 Å². The van der Waals surface area contributed by atoms with E-state index in [0.717, 1.165) is 12.8 Å². The lowest BCUT2D eigenvalue weighted by atomic mass is 10.3. The molecule has 0 aliphatic rings. The fourth-order valence-corrected chi connectivity index (χ4v) is 1.46. The van der Waals surface area contributed by atoms with Crippen molar-refractivity contribution in [1.29, 1.82) is 0 Å². The Kier molecular flexibility index (Phi) is 4.71. The number of rotatable bonds is 7. The Morgan fingerprint density at radius 2 is 2.38 bits per heavy atom. The maximum atomic E-state index is 10.7. The van der Waals surface area contributed by atoms with Crippen LogP contribution in [0.4, 0.5) is 11.5 Å². The van der Waals surface area contributed by atoms with E-state index >= 15 is 0 Å². The average Bonchev–Trinajstić information content (AvgIpc) is 2.73. The van der Waals surface area contributed by atoms with Gasteiger partial charge in [0, 0.05) is 13.1 Å². The topological polar surface area (TPSA) is 95.3 Å². The number of hydrogen-bond acceptors (Lipinski definition) is 5. The number of aliphatic hydroxyl groups is 1. The lowest BCUT2D eigenvalue weighted by Crippen LogP contribution is -2.27. The Bertz CT molecular complexity index is 339. The van der Waals surface area contributed by atoms with Crippen molar-refractivity contribution in [2.24, 2.45) is 0 Å². The first-order chi connectivity index (χ1) is 7.70. The summed E-state index contributed by atoms with van der Waals surface area (Å²) in [6.45, 7) is 3.06. The molecule has 1 aromatic heterocycles. The zero-order chi connectivity index (χ0) is 12.0. The molecule has 0 atom stereocenters. The molecule has 0 saturated heterocycles. The van der Waals surface area contributed by atoms with Crippen molar-refractivity contribution in [1.82, 2.24) is 10.2 Å². The summed E-state index contributed by atoms with van der Waals surface area (Å²) in [5, 5.41) is 25.6. The van der Waals surface area contributed by atoms with E-state index in [1.54, 1.807) is 4.90 Å². The van der Waals surface area contributed by atoms with Crippen LogP contribution in [0, 0.1) is 10.1 Å². The Morgan fingerprint density at radius 1 is 1.62 bits per heavy atom. The second-order valence-electron chi connectivity index (χ2n) is 3.43. The lowest BCUT2D eigenvalue weighted by Gasteiger charge is -2.20. The summed E-state index contributed by atoms with van der Waals surface area (Å²) < 4.78 is 0. The standard InChI is InChI=1S/C9H16N4O3/c1-2-3-4-12(5-6-14)8-7-10-11-9(8)13(15)16/h7,14H,2-6H2,1H3,(H,10,11). The van der Waals surface area contributed by atoms with Gasteiger partial charge in [0.1, 0.15) is 6.20 Å². The van der Waals surface area contributed by atoms with E-state index in [9.17, 15) is 10.1 Å². The minimum Gasteiger partial charge on any atom is -0.395 e. The van der Waals surface area contributed by atoms with Gasteiger partial charge in [-0.25, -0.2) is 0 Å². The molecule has 0 aliphatic carbocycles. The van der Waals surface area contributed by atoms with Crippen LogP contribution in [-0.2, 0) is 0 Å². The third-order valence-electron chi connectivity index (χ3n) is 2.27. The molecule has 0 unspecified atom stereocenters. The highest BCUT2D eigenvalue weighted by atomic mass is 16.6. The first-order valence-electron chi connectivity index (χ1n) is 5.24. The minimum absolute atomic E-state index is 0.0357. The van der Waals surface area contributed by atoms with Crippen molar-refractivity contribution in [3.05, 3.63) is 16.3 Å². The number of nitro groups is 1. The van der Waals surface area contributed by atoms with Crippen molar-refractivity contribution in [3.8, 4) is 0 Å². The summed E-state index contributed by atoms with van der Waals surface area (Å²) >= 11 is 0. The minimum atomic E-state index is -0.501. The fraction of sp³-hybridized carbons (Fsp3) is 0.667. The predicted molar refractivity (Wildman–Crippen MR) is 59.4 cm³/mol. The summed E-state index contributed by atoms with van der Waals surface area (Å²) in [7, 11) is 0. The number of unbranched alkanes of at least 4 members (excludes halogenated alkanes) is 1. The second kappa shape index (κ2) is 6.06. The molecule has 1 aromatic rings. The number of H-pyrrole nitrogens is 1. The van der Waals surface area contributed by atoms with Gasteiger partial charge in [-0.2, -0.15) is 0 Å². The van der Waals surface area contributed by atoms with Crippen LogP contribution in [0.2, 0.25) is 0 Å². The third-order valence-corrected chi connectivity index (χ3v) is 2.27. The van der Waals surface area contributed by atoms with Gasteiger partial charge < -0.3 is 20.1 Å². The highest BCUT2D eigenvalue weighted by Crippen LogP contribution is 2.24. The second-order valence-corrected chi connectivity index (χ2v) is 3.43. The van der Waals surface area contributed by atoms with Crippen molar-refractivity contribution in [3.63, 3.8) is 0 Å². The number of aliphatic hydroxyl groups excluding tert-OH is 1. The number of nitrogens with one attached hydrogen (secondary N) is 1. The molecule has 0 bridgehead atoms. The van der Waals surface area contributed by atoms with E-state index in [2.05, 4.69) is 10.2 Å². The molecule has 0 aliphatic heterocycles. The number of aromatic amines is 1. The Hall–Kier alpha value is -1.63. The zero-order valence-electron chi connectivity index (χ0n) is 9.22. The van der Waals surface area contributed by atoms with Crippen LogP contribution < -0.4 is 4.90 Å². The highest BCUT2D eigenvalue weighted by Gasteiger charge is 2.20. The SMILES string of the molecule is CCCCN(CCO)c1cn[nH]c1[N+](=O)[O-]. The highest BCUT2D eigenvalue weighted by molar-refractivity contribution is 5.57. The average molecular weight is 228 g/mol. The largest absolute Gasteiger partial charge is 0.395 e. The molecule has 0 aromatic carbocycles. The first-order valence-corrected chi connectivity index (χ1v) is 5.24. The smallest absolute Gasteiger partial charge is 0.366 e. The van der Waals surface area contributed by atoms with Gasteiger partial charge in [-0.1, -0.05) is 18.4 Å². The molecule has 7 heteroatoms. The number of aromatic nitrogens is 2. The predicted octanol–water partition coefficient (Wildman–Crippen LogP) is 0.917. The number of anilines is 1. The van der Waals surface area contributed by atoms with Gasteiger partial charge in [-0.05, 0) is 11.3 Å². The van der Waals surface area contributed by atoms with E-state index in [1.165, 1.54) is 6.20 Å². The van der Waals surface area contributed by atoms with Crippen LogP contribution in [0.3, 0.4) is 0 Å². The van der Waals surface area contributed by atoms with E-state index in [4.69, 9.17) is 5.11 Å². The van der Waals surface area contributed by atoms with Crippen LogP contribution in [0.1, 0.15) is 19.8 Å². The molecule has 16 heavy (non-hydrogen) atoms. The monoisotopic (exact) mass is 228 g/mol. The van der Waals surface area contributed by atoms with Gasteiger partial charge >= 0.3 is 5.82 Å². The zero-order valence-corrected chi connectivity index (χ0v) is 9.22. The normalized spacial score (nSPS) is 10.4. The molecule has 7 nitrogen and oxygen atoms in total. The van der Waals surface area contributed by atoms with E-state index in [1.807, 2.05) is 6.92 Å². The maximum Gasteiger partial charge on any atom is 0.366 e. The molecule has 2 N–H and O–H groups in total. The van der Waals surface area contributed by atoms with Crippen LogP contribution >= 0.6 is 0 Å². The summed E-state index contributed by atoms with van der Waals surface area (Å²) in [4.78, 5) is 12.0. The number of nitrogens with zero attached hydrogens (tertiary/aromatic N) is 3. The van der Waals surface area contributed by atoms with Crippen molar-refractivity contribution in [2.75, 3.05) is 24.6 Å². The van der Waals surface area contributed by atoms with Crippen molar-refractivity contribution in [2.45, 2.75) is 19.8 Å². The van der Waals surface area contributed by atoms with E-state index in [0.29, 0.717) is 18.8 Å². The molecule has 1 heterocycles. The van der Waals surface area contributed by atoms with Gasteiger partial charge in [0.15, 0.2) is 5.69 Å². The number of hydrogen-bond donors (Lipinski definition) is 2. The molecular weight excluding hydrogens is 212 g/mol. The van der Waals surface area contributed by atoms with Gasteiger partial charge in [0.05, 0.1) is 6.61 Å². The molecule has 0 spiro atoms. The molecule has 0 fully saturated rings. The molecule has 0 amide bonds. The third kappa shape index (κ3) is 2.93. The summed E-state index contributed by atoms with van der Waals surface area (Å²) in [5.74, 6) is -0.121. The quantitative estimate of drug-likeness (QED) is 0.534. The summed E-state index contributed by atoms with van der Waals surface area (Å²) in [6.07, 6.45) is 3.33. The van der Waals surface area contributed by atoms with Crippen LogP contribution in [0.5, 0.6) is 0 Å². The van der Waals surface area contributed by atoms with E-state index < -0.39 is 4.92 Å². The van der Waals surface area contributed by atoms with Gasteiger partial charge in [0.2, 0.25) is 0 Å². The van der Waals surface area contributed by atoms with E-state index in [-0.39, 0.29) is 12.4 Å². The van der Waals surface area contributed by atoms with Gasteiger partial charge in [-0.15, -0.1) is 5.10 Å². The van der Waals surface area contributed by atoms with Crippen molar-refractivity contribution < 1.29 is 10.0 Å². The summed E-state index contributed by atoms with van der Waals surface area (Å²) in [5.41, 5.74) is 0.438. The van der Waals surface area contributed by atoms with Gasteiger partial charge in [0.25, 0.3) is 0 Å². The van der Waals surface area contributed by atoms with Crippen molar-refractivity contribution >= 4 is 11.5 Å². The maximum absolute atomic E-state index is 10.7. The Balaban J connectivity index is 2.82. The fourth-order valence-electron chi connectivity index (χ4n) is 1.46. The molecule has 1 rings (SSSR count). The van der Waals surface area contributed by atoms with Crippen LogP contribution in [0.25, 0.3) is 0 Å².